The Morgan fingerprint density at radius 2 is 1.74 bits per heavy atom. The lowest BCUT2D eigenvalue weighted by Gasteiger charge is -2.14. The van der Waals surface area contributed by atoms with E-state index in [-0.39, 0.29) is 5.70 Å². The highest BCUT2D eigenvalue weighted by molar-refractivity contribution is 6.32. The van der Waals surface area contributed by atoms with E-state index in [0.717, 1.165) is 27.5 Å². The Balaban J connectivity index is 1.74. The number of hydrogen-bond acceptors (Lipinski definition) is 3. The van der Waals surface area contributed by atoms with Gasteiger partial charge >= 0.3 is 6.03 Å². The second kappa shape index (κ2) is 8.13. The Kier molecular flexibility index (Phi) is 5.52. The van der Waals surface area contributed by atoms with Crippen molar-refractivity contribution in [2.75, 3.05) is 12.0 Å². The molecule has 8 heteroatoms. The summed E-state index contributed by atoms with van der Waals surface area (Å²) in [6, 6.07) is 13.4. The maximum absolute atomic E-state index is 12.9. The van der Waals surface area contributed by atoms with Crippen molar-refractivity contribution in [2.24, 2.45) is 0 Å². The number of benzene rings is 2. The van der Waals surface area contributed by atoms with Crippen LogP contribution in [-0.2, 0) is 4.79 Å². The first-order valence-electron chi connectivity index (χ1n) is 9.45. The first-order valence-corrected chi connectivity index (χ1v) is 10.2. The topological polar surface area (TPSA) is 63.6 Å². The number of amides is 3. The van der Waals surface area contributed by atoms with Crippen LogP contribution in [0.25, 0.3) is 11.8 Å². The van der Waals surface area contributed by atoms with Crippen LogP contribution in [0, 0.1) is 13.8 Å². The fourth-order valence-electron chi connectivity index (χ4n) is 3.68. The molecule has 1 aliphatic heterocycles. The van der Waals surface area contributed by atoms with Gasteiger partial charge in [0.2, 0.25) is 0 Å². The lowest BCUT2D eigenvalue weighted by molar-refractivity contribution is -0.113. The number of ether oxygens (including phenoxy) is 1. The molecule has 2 aromatic carbocycles. The monoisotopic (exact) mass is 455 g/mol. The number of methoxy groups -OCH3 is 1. The molecule has 158 valence electrons. The minimum Gasteiger partial charge on any atom is -0.495 e. The van der Waals surface area contributed by atoms with E-state index < -0.39 is 11.9 Å². The summed E-state index contributed by atoms with van der Waals surface area (Å²) in [6.07, 6.45) is 1.67. The summed E-state index contributed by atoms with van der Waals surface area (Å²) in [5.74, 6) is 0.222. The van der Waals surface area contributed by atoms with Crippen molar-refractivity contribution in [3.05, 3.63) is 81.2 Å². The van der Waals surface area contributed by atoms with Crippen LogP contribution in [0.3, 0.4) is 0 Å². The fraction of sp³-hybridized carbons (Fsp3) is 0.130. The molecular weight excluding hydrogens is 437 g/mol. The van der Waals surface area contributed by atoms with Crippen molar-refractivity contribution >= 4 is 46.9 Å². The van der Waals surface area contributed by atoms with E-state index in [0.29, 0.717) is 21.5 Å². The Bertz CT molecular complexity index is 1250. The van der Waals surface area contributed by atoms with Gasteiger partial charge in [0.1, 0.15) is 11.4 Å². The van der Waals surface area contributed by atoms with Gasteiger partial charge in [0.05, 0.1) is 18.5 Å². The highest BCUT2D eigenvalue weighted by atomic mass is 35.5. The average molecular weight is 456 g/mol. The normalized spacial score (nSPS) is 15.0. The minimum atomic E-state index is -0.524. The molecule has 1 aromatic heterocycles. The molecule has 1 saturated heterocycles. The fourth-order valence-corrected chi connectivity index (χ4v) is 4.03. The van der Waals surface area contributed by atoms with Gasteiger partial charge in [-0.2, -0.15) is 0 Å². The molecular formula is C23H19Cl2N3O3. The number of aryl methyl sites for hydroxylation is 1. The highest BCUT2D eigenvalue weighted by Crippen LogP contribution is 2.32. The van der Waals surface area contributed by atoms with Gasteiger partial charge in [-0.3, -0.25) is 4.79 Å². The number of aromatic nitrogens is 1. The third-order valence-corrected chi connectivity index (χ3v) is 5.57. The molecule has 0 aliphatic carbocycles. The molecule has 0 saturated carbocycles. The zero-order chi connectivity index (χ0) is 22.3. The molecule has 6 nitrogen and oxygen atoms in total. The number of nitrogens with one attached hydrogen (secondary N) is 1. The zero-order valence-corrected chi connectivity index (χ0v) is 18.6. The summed E-state index contributed by atoms with van der Waals surface area (Å²) in [7, 11) is 1.60. The number of carbonyl (C=O) groups is 2. The second-order valence-electron chi connectivity index (χ2n) is 7.09. The third kappa shape index (κ3) is 3.80. The number of imide groups is 1. The summed E-state index contributed by atoms with van der Waals surface area (Å²) >= 11 is 12.2. The Morgan fingerprint density at radius 3 is 2.45 bits per heavy atom. The highest BCUT2D eigenvalue weighted by Gasteiger charge is 2.35. The molecule has 0 radical (unpaired) electrons. The van der Waals surface area contributed by atoms with Gasteiger partial charge in [-0.15, -0.1) is 0 Å². The maximum Gasteiger partial charge on any atom is 0.333 e. The van der Waals surface area contributed by atoms with Gasteiger partial charge in [0, 0.05) is 21.4 Å². The van der Waals surface area contributed by atoms with Crippen molar-refractivity contribution in [2.45, 2.75) is 13.8 Å². The van der Waals surface area contributed by atoms with Crippen molar-refractivity contribution in [1.29, 1.82) is 0 Å². The zero-order valence-electron chi connectivity index (χ0n) is 17.1. The van der Waals surface area contributed by atoms with E-state index in [1.165, 1.54) is 0 Å². The Morgan fingerprint density at radius 1 is 1.00 bits per heavy atom. The summed E-state index contributed by atoms with van der Waals surface area (Å²) in [5.41, 5.74) is 3.96. The molecule has 2 heterocycles. The smallest absolute Gasteiger partial charge is 0.333 e. The van der Waals surface area contributed by atoms with Crippen molar-refractivity contribution < 1.29 is 14.3 Å². The second-order valence-corrected chi connectivity index (χ2v) is 7.96. The molecule has 0 bridgehead atoms. The standard InChI is InChI=1S/C23H19Cl2N3O3/c1-13-9-15(14(2)27(13)20-12-17(25)7-8-21(20)31-3)10-19-22(29)28(23(30)26-19)18-6-4-5-16(24)11-18/h4-12H,1-3H3,(H,26,30)/b19-10+. The Hall–Kier alpha value is -3.22. The van der Waals surface area contributed by atoms with Crippen molar-refractivity contribution in [3.8, 4) is 11.4 Å². The van der Waals surface area contributed by atoms with Crippen LogP contribution in [0.1, 0.15) is 17.0 Å². The Labute approximate surface area is 189 Å². The predicted molar refractivity (Wildman–Crippen MR) is 122 cm³/mol. The van der Waals surface area contributed by atoms with E-state index in [4.69, 9.17) is 27.9 Å². The van der Waals surface area contributed by atoms with Crippen LogP contribution in [0.2, 0.25) is 10.0 Å². The van der Waals surface area contributed by atoms with Crippen molar-refractivity contribution in [3.63, 3.8) is 0 Å². The number of hydrogen-bond donors (Lipinski definition) is 1. The molecule has 1 N–H and O–H groups in total. The quantitative estimate of drug-likeness (QED) is 0.416. The molecule has 0 atom stereocenters. The van der Waals surface area contributed by atoms with E-state index in [1.807, 2.05) is 30.5 Å². The van der Waals surface area contributed by atoms with E-state index in [1.54, 1.807) is 49.6 Å². The van der Waals surface area contributed by atoms with E-state index in [2.05, 4.69) is 5.32 Å². The predicted octanol–water partition coefficient (Wildman–Crippen LogP) is 5.51. The van der Waals surface area contributed by atoms with Gasteiger partial charge in [0.15, 0.2) is 0 Å². The van der Waals surface area contributed by atoms with Gasteiger partial charge in [-0.25, -0.2) is 9.69 Å². The van der Waals surface area contributed by atoms with Crippen LogP contribution in [0.15, 0.2) is 54.2 Å². The third-order valence-electron chi connectivity index (χ3n) is 5.10. The number of carbonyl (C=O) groups excluding carboxylic acids is 2. The summed E-state index contributed by atoms with van der Waals surface area (Å²) in [5, 5.41) is 3.67. The van der Waals surface area contributed by atoms with Gasteiger partial charge in [-0.1, -0.05) is 29.3 Å². The largest absolute Gasteiger partial charge is 0.495 e. The van der Waals surface area contributed by atoms with Crippen LogP contribution in [-0.4, -0.2) is 23.6 Å². The first kappa shape index (κ1) is 21.0. The molecule has 31 heavy (non-hydrogen) atoms. The number of anilines is 1. The van der Waals surface area contributed by atoms with Crippen LogP contribution in [0.5, 0.6) is 5.75 Å². The summed E-state index contributed by atoms with van der Waals surface area (Å²) < 4.78 is 7.48. The van der Waals surface area contributed by atoms with Gasteiger partial charge in [0.25, 0.3) is 5.91 Å². The van der Waals surface area contributed by atoms with Crippen molar-refractivity contribution in [1.82, 2.24) is 9.88 Å². The van der Waals surface area contributed by atoms with Gasteiger partial charge in [-0.05, 0) is 68.0 Å². The SMILES string of the molecule is COc1ccc(Cl)cc1-n1c(C)cc(/C=C2/NC(=O)N(c3cccc(Cl)c3)C2=O)c1C. The molecule has 3 aromatic rings. The molecule has 3 amide bonds. The maximum atomic E-state index is 12.9. The van der Waals surface area contributed by atoms with Crippen LogP contribution >= 0.6 is 23.2 Å². The lowest BCUT2D eigenvalue weighted by Crippen LogP contribution is -2.30. The summed E-state index contributed by atoms with van der Waals surface area (Å²) in [6.45, 7) is 3.87. The average Bonchev–Trinajstić information content (AvgIpc) is 3.16. The number of halogens is 2. The number of nitrogens with zero attached hydrogens (tertiary/aromatic N) is 2. The molecule has 1 aliphatic rings. The number of rotatable bonds is 4. The molecule has 0 spiro atoms. The first-order chi connectivity index (χ1) is 14.8. The van der Waals surface area contributed by atoms with Crippen LogP contribution < -0.4 is 15.0 Å². The van der Waals surface area contributed by atoms with Gasteiger partial charge < -0.3 is 14.6 Å². The van der Waals surface area contributed by atoms with E-state index >= 15 is 0 Å². The molecule has 0 unspecified atom stereocenters. The van der Waals surface area contributed by atoms with E-state index in [9.17, 15) is 9.59 Å². The minimum absolute atomic E-state index is 0.184. The van der Waals surface area contributed by atoms with Crippen LogP contribution in [0.4, 0.5) is 10.5 Å². The number of urea groups is 1. The summed E-state index contributed by atoms with van der Waals surface area (Å²) in [4.78, 5) is 26.5. The molecule has 4 rings (SSSR count). The lowest BCUT2D eigenvalue weighted by atomic mass is 10.2. The molecule has 1 fully saturated rings.